The van der Waals surface area contributed by atoms with Crippen molar-refractivity contribution >= 4 is 0 Å². The zero-order valence-corrected chi connectivity index (χ0v) is 13.4. The van der Waals surface area contributed by atoms with Gasteiger partial charge in [-0.2, -0.15) is 0 Å². The molecule has 0 heterocycles. The van der Waals surface area contributed by atoms with Gasteiger partial charge in [0, 0.05) is 13.2 Å². The van der Waals surface area contributed by atoms with Crippen LogP contribution in [0.15, 0.2) is 0 Å². The number of rotatable bonds is 8. The minimum atomic E-state index is -0.00297. The lowest BCUT2D eigenvalue weighted by molar-refractivity contribution is -0.0370. The molecule has 0 spiro atoms. The molecule has 0 aromatic carbocycles. The molecule has 5 unspecified atom stereocenters. The highest BCUT2D eigenvalue weighted by Gasteiger charge is 2.43. The third kappa shape index (κ3) is 3.33. The van der Waals surface area contributed by atoms with Crippen molar-refractivity contribution in [1.82, 2.24) is 5.32 Å². The second kappa shape index (κ2) is 6.58. The van der Waals surface area contributed by atoms with Crippen molar-refractivity contribution in [3.05, 3.63) is 0 Å². The van der Waals surface area contributed by atoms with E-state index in [1.54, 1.807) is 0 Å². The summed E-state index contributed by atoms with van der Waals surface area (Å²) in [4.78, 5) is 0. The molecule has 0 amide bonds. The van der Waals surface area contributed by atoms with E-state index in [9.17, 15) is 0 Å². The molecule has 112 valence electrons. The fourth-order valence-corrected chi connectivity index (χ4v) is 4.37. The van der Waals surface area contributed by atoms with Crippen molar-refractivity contribution in [2.75, 3.05) is 13.7 Å². The summed E-state index contributed by atoms with van der Waals surface area (Å²) in [5.41, 5.74) is -0.00297. The summed E-state index contributed by atoms with van der Waals surface area (Å²) in [5.74, 6) is 3.03. The van der Waals surface area contributed by atoms with E-state index in [4.69, 9.17) is 4.74 Å². The summed E-state index contributed by atoms with van der Waals surface area (Å²) in [5, 5.41) is 3.77. The van der Waals surface area contributed by atoms with Gasteiger partial charge in [0.05, 0.1) is 5.60 Å². The van der Waals surface area contributed by atoms with Gasteiger partial charge in [0.15, 0.2) is 0 Å². The molecule has 0 aromatic heterocycles. The summed E-state index contributed by atoms with van der Waals surface area (Å²) < 4.78 is 5.87. The molecule has 2 aliphatic rings. The summed E-state index contributed by atoms with van der Waals surface area (Å²) in [6.45, 7) is 7.90. The summed E-state index contributed by atoms with van der Waals surface area (Å²) in [6, 6.07) is 0.520. The molecule has 2 aliphatic carbocycles. The predicted octanol–water partition coefficient (Wildman–Crippen LogP) is 4.00. The van der Waals surface area contributed by atoms with E-state index in [0.29, 0.717) is 6.04 Å². The van der Waals surface area contributed by atoms with Crippen LogP contribution in [0.2, 0.25) is 0 Å². The number of fused-ring (bicyclic) bond motifs is 2. The van der Waals surface area contributed by atoms with Gasteiger partial charge in [-0.3, -0.25) is 0 Å². The Kier molecular flexibility index (Phi) is 5.30. The number of hydrogen-bond acceptors (Lipinski definition) is 2. The second-order valence-corrected chi connectivity index (χ2v) is 7.05. The number of methoxy groups -OCH3 is 1. The number of ether oxygens (including phenoxy) is 1. The minimum Gasteiger partial charge on any atom is -0.377 e. The Bertz CT molecular complexity index is 274. The van der Waals surface area contributed by atoms with Crippen molar-refractivity contribution in [1.29, 1.82) is 0 Å². The molecule has 0 radical (unpaired) electrons. The Balaban J connectivity index is 1.97. The van der Waals surface area contributed by atoms with Crippen molar-refractivity contribution in [3.63, 3.8) is 0 Å². The largest absolute Gasteiger partial charge is 0.377 e. The molecule has 0 aliphatic heterocycles. The first-order chi connectivity index (χ1) is 9.12. The van der Waals surface area contributed by atoms with E-state index >= 15 is 0 Å². The highest BCUT2D eigenvalue weighted by molar-refractivity contribution is 4.96. The van der Waals surface area contributed by atoms with Gasteiger partial charge in [0.2, 0.25) is 0 Å². The fraction of sp³-hybridized carbons (Fsp3) is 1.00. The lowest BCUT2D eigenvalue weighted by Gasteiger charge is -2.39. The van der Waals surface area contributed by atoms with Crippen LogP contribution < -0.4 is 5.32 Å². The topological polar surface area (TPSA) is 21.3 Å². The summed E-state index contributed by atoms with van der Waals surface area (Å²) in [7, 11) is 1.88. The van der Waals surface area contributed by atoms with Crippen LogP contribution in [0.5, 0.6) is 0 Å². The SMILES string of the molecule is CCCNC(CC1CC2CCC1C2)C(C)(CC)OC. The maximum Gasteiger partial charge on any atom is 0.0800 e. The standard InChI is InChI=1S/C17H33NO/c1-5-9-18-16(17(3,6-2)19-4)12-15-11-13-7-8-14(15)10-13/h13-16,18H,5-12H2,1-4H3. The third-order valence-electron chi connectivity index (χ3n) is 5.97. The van der Waals surface area contributed by atoms with Crippen LogP contribution >= 0.6 is 0 Å². The molecular weight excluding hydrogens is 234 g/mol. The highest BCUT2D eigenvalue weighted by atomic mass is 16.5. The van der Waals surface area contributed by atoms with Gasteiger partial charge in [0.1, 0.15) is 0 Å². The average Bonchev–Trinajstić information content (AvgIpc) is 3.04. The lowest BCUT2D eigenvalue weighted by Crippen LogP contribution is -2.51. The maximum atomic E-state index is 5.87. The van der Waals surface area contributed by atoms with Gasteiger partial charge < -0.3 is 10.1 Å². The van der Waals surface area contributed by atoms with Crippen LogP contribution in [0, 0.1) is 17.8 Å². The first-order valence-corrected chi connectivity index (χ1v) is 8.41. The zero-order valence-electron chi connectivity index (χ0n) is 13.4. The van der Waals surface area contributed by atoms with Crippen molar-refractivity contribution in [3.8, 4) is 0 Å². The molecule has 2 fully saturated rings. The Hall–Kier alpha value is -0.0800. The van der Waals surface area contributed by atoms with Crippen LogP contribution in [0.25, 0.3) is 0 Å². The second-order valence-electron chi connectivity index (χ2n) is 7.05. The Morgan fingerprint density at radius 3 is 2.53 bits per heavy atom. The average molecular weight is 267 g/mol. The normalized spacial score (nSPS) is 34.4. The quantitative estimate of drug-likeness (QED) is 0.718. The van der Waals surface area contributed by atoms with Gasteiger partial charge in [-0.15, -0.1) is 0 Å². The molecule has 0 aromatic rings. The minimum absolute atomic E-state index is 0.00297. The monoisotopic (exact) mass is 267 g/mol. The molecule has 2 saturated carbocycles. The maximum absolute atomic E-state index is 5.87. The Morgan fingerprint density at radius 1 is 1.26 bits per heavy atom. The van der Waals surface area contributed by atoms with Gasteiger partial charge in [-0.05, 0) is 69.7 Å². The van der Waals surface area contributed by atoms with Crippen molar-refractivity contribution in [2.24, 2.45) is 17.8 Å². The third-order valence-corrected chi connectivity index (χ3v) is 5.97. The molecule has 5 atom stereocenters. The van der Waals surface area contributed by atoms with Crippen LogP contribution in [-0.2, 0) is 4.74 Å². The van der Waals surface area contributed by atoms with Gasteiger partial charge in [0.25, 0.3) is 0 Å². The zero-order chi connectivity index (χ0) is 13.9. The highest BCUT2D eigenvalue weighted by Crippen LogP contribution is 2.50. The molecule has 0 saturated heterocycles. The number of hydrogen-bond donors (Lipinski definition) is 1. The molecular formula is C17H33NO. The van der Waals surface area contributed by atoms with Crippen molar-refractivity contribution in [2.45, 2.75) is 77.4 Å². The van der Waals surface area contributed by atoms with Gasteiger partial charge in [-0.1, -0.05) is 20.3 Å². The summed E-state index contributed by atoms with van der Waals surface area (Å²) in [6.07, 6.45) is 9.61. The molecule has 2 bridgehead atoms. The van der Waals surface area contributed by atoms with Gasteiger partial charge in [-0.25, -0.2) is 0 Å². The fourth-order valence-electron chi connectivity index (χ4n) is 4.37. The van der Waals surface area contributed by atoms with E-state index in [1.807, 2.05) is 7.11 Å². The van der Waals surface area contributed by atoms with Crippen LogP contribution in [0.4, 0.5) is 0 Å². The number of nitrogens with one attached hydrogen (secondary N) is 1. The first-order valence-electron chi connectivity index (χ1n) is 8.41. The van der Waals surface area contributed by atoms with E-state index < -0.39 is 0 Å². The van der Waals surface area contributed by atoms with E-state index in [0.717, 1.165) is 30.7 Å². The van der Waals surface area contributed by atoms with Gasteiger partial charge >= 0.3 is 0 Å². The smallest absolute Gasteiger partial charge is 0.0800 e. The first kappa shape index (κ1) is 15.3. The van der Waals surface area contributed by atoms with Crippen LogP contribution in [0.3, 0.4) is 0 Å². The summed E-state index contributed by atoms with van der Waals surface area (Å²) >= 11 is 0. The molecule has 19 heavy (non-hydrogen) atoms. The van der Waals surface area contributed by atoms with E-state index in [2.05, 4.69) is 26.1 Å². The molecule has 2 rings (SSSR count). The van der Waals surface area contributed by atoms with E-state index in [-0.39, 0.29) is 5.60 Å². The molecule has 2 heteroatoms. The van der Waals surface area contributed by atoms with E-state index in [1.165, 1.54) is 38.5 Å². The van der Waals surface area contributed by atoms with Crippen LogP contribution in [-0.4, -0.2) is 25.3 Å². The Labute approximate surface area is 119 Å². The van der Waals surface area contributed by atoms with Crippen molar-refractivity contribution < 1.29 is 4.74 Å². The predicted molar refractivity (Wildman–Crippen MR) is 81.3 cm³/mol. The van der Waals surface area contributed by atoms with Crippen LogP contribution in [0.1, 0.15) is 65.7 Å². The lowest BCUT2D eigenvalue weighted by atomic mass is 9.79. The molecule has 2 nitrogen and oxygen atoms in total. The molecule has 1 N–H and O–H groups in total. The Morgan fingerprint density at radius 2 is 2.05 bits per heavy atom.